The number of aliphatic hydroxyl groups is 1. The number of hydrogen-bond donors (Lipinski definition) is 2. The summed E-state index contributed by atoms with van der Waals surface area (Å²) in [6, 6.07) is 7.79. The molecule has 17 heavy (non-hydrogen) atoms. The highest BCUT2D eigenvalue weighted by Gasteiger charge is 2.24. The van der Waals surface area contributed by atoms with E-state index in [9.17, 15) is 9.90 Å². The van der Waals surface area contributed by atoms with Crippen LogP contribution in [0, 0.1) is 0 Å². The Balaban J connectivity index is 2.94. The van der Waals surface area contributed by atoms with E-state index in [1.54, 1.807) is 6.92 Å². The van der Waals surface area contributed by atoms with E-state index in [0.717, 1.165) is 11.1 Å². The average molecular weight is 236 g/mol. The molecule has 3 heteroatoms. The number of carboxylic acid groups (broad SMARTS) is 1. The van der Waals surface area contributed by atoms with Crippen molar-refractivity contribution in [1.29, 1.82) is 0 Å². The van der Waals surface area contributed by atoms with E-state index in [1.807, 2.05) is 38.1 Å². The zero-order valence-corrected chi connectivity index (χ0v) is 10.6. The van der Waals surface area contributed by atoms with E-state index in [2.05, 4.69) is 0 Å². The Hall–Kier alpha value is -1.35. The van der Waals surface area contributed by atoms with Crippen molar-refractivity contribution in [2.75, 3.05) is 0 Å². The number of carbonyl (C=O) groups is 1. The van der Waals surface area contributed by atoms with Crippen molar-refractivity contribution < 1.29 is 15.0 Å². The predicted molar refractivity (Wildman–Crippen MR) is 67.1 cm³/mol. The zero-order chi connectivity index (χ0) is 13.1. The normalized spacial score (nSPS) is 13.4. The zero-order valence-electron chi connectivity index (χ0n) is 10.6. The Morgan fingerprint density at radius 2 is 2.06 bits per heavy atom. The van der Waals surface area contributed by atoms with Crippen molar-refractivity contribution in [2.24, 2.45) is 0 Å². The van der Waals surface area contributed by atoms with Gasteiger partial charge in [-0.15, -0.1) is 0 Å². The predicted octanol–water partition coefficient (Wildman–Crippen LogP) is 2.36. The van der Waals surface area contributed by atoms with E-state index < -0.39 is 5.97 Å². The van der Waals surface area contributed by atoms with Gasteiger partial charge in [0.2, 0.25) is 0 Å². The minimum atomic E-state index is -0.795. The van der Waals surface area contributed by atoms with E-state index in [-0.39, 0.29) is 17.9 Å². The number of carboxylic acids is 1. The number of hydrogen-bond acceptors (Lipinski definition) is 2. The molecule has 3 nitrogen and oxygen atoms in total. The second kappa shape index (κ2) is 5.32. The molecule has 0 amide bonds. The average Bonchev–Trinajstić information content (AvgIpc) is 2.15. The van der Waals surface area contributed by atoms with Gasteiger partial charge in [0.25, 0.3) is 0 Å². The first-order valence-electron chi connectivity index (χ1n) is 5.80. The molecule has 0 heterocycles. The lowest BCUT2D eigenvalue weighted by molar-refractivity contribution is -0.138. The summed E-state index contributed by atoms with van der Waals surface area (Å²) in [6.07, 6.45) is 0.315. The van der Waals surface area contributed by atoms with E-state index in [0.29, 0.717) is 6.42 Å². The van der Waals surface area contributed by atoms with Crippen LogP contribution in [0.1, 0.15) is 38.3 Å². The van der Waals surface area contributed by atoms with Gasteiger partial charge >= 0.3 is 5.97 Å². The molecular formula is C14H20O3. The quantitative estimate of drug-likeness (QED) is 0.825. The van der Waals surface area contributed by atoms with Crippen molar-refractivity contribution in [3.63, 3.8) is 0 Å². The summed E-state index contributed by atoms with van der Waals surface area (Å²) >= 11 is 0. The van der Waals surface area contributed by atoms with Gasteiger partial charge in [0, 0.05) is 5.41 Å². The monoisotopic (exact) mass is 236 g/mol. The topological polar surface area (TPSA) is 57.5 Å². The maximum Gasteiger partial charge on any atom is 0.304 e. The van der Waals surface area contributed by atoms with Gasteiger partial charge in [0.15, 0.2) is 0 Å². The van der Waals surface area contributed by atoms with Crippen molar-refractivity contribution in [2.45, 2.75) is 45.1 Å². The fraction of sp³-hybridized carbons (Fsp3) is 0.500. The minimum absolute atomic E-state index is 0.102. The van der Waals surface area contributed by atoms with Gasteiger partial charge in [-0.2, -0.15) is 0 Å². The fourth-order valence-corrected chi connectivity index (χ4v) is 1.94. The second-order valence-electron chi connectivity index (χ2n) is 5.21. The summed E-state index contributed by atoms with van der Waals surface area (Å²) in [4.78, 5) is 10.8. The number of aliphatic carboxylic acids is 1. The molecule has 1 aromatic rings. The highest BCUT2D eigenvalue weighted by molar-refractivity contribution is 5.68. The highest BCUT2D eigenvalue weighted by atomic mass is 16.4. The summed E-state index contributed by atoms with van der Waals surface area (Å²) in [7, 11) is 0. The Morgan fingerprint density at radius 1 is 1.41 bits per heavy atom. The standard InChI is InChI=1S/C14H20O3/c1-10(15)7-11-5-4-6-12(8-11)14(2,3)9-13(16)17/h4-6,8,10,15H,7,9H2,1-3H3,(H,16,17). The SMILES string of the molecule is CC(O)Cc1cccc(C(C)(C)CC(=O)O)c1. The van der Waals surface area contributed by atoms with Crippen LogP contribution in [0.5, 0.6) is 0 Å². The smallest absolute Gasteiger partial charge is 0.304 e. The lowest BCUT2D eigenvalue weighted by Crippen LogP contribution is -2.22. The molecule has 0 aliphatic rings. The Labute approximate surface area is 102 Å². The molecule has 0 bridgehead atoms. The van der Waals surface area contributed by atoms with Crippen LogP contribution in [0.3, 0.4) is 0 Å². The lowest BCUT2D eigenvalue weighted by atomic mass is 9.81. The van der Waals surface area contributed by atoms with Gasteiger partial charge in [0.05, 0.1) is 12.5 Å². The first-order valence-corrected chi connectivity index (χ1v) is 5.80. The Bertz CT molecular complexity index is 394. The van der Waals surface area contributed by atoms with Gasteiger partial charge in [-0.05, 0) is 24.5 Å². The van der Waals surface area contributed by atoms with Crippen LogP contribution in [0.2, 0.25) is 0 Å². The van der Waals surface area contributed by atoms with Crippen molar-refractivity contribution in [1.82, 2.24) is 0 Å². The molecule has 0 saturated carbocycles. The molecule has 0 aromatic heterocycles. The van der Waals surface area contributed by atoms with Crippen molar-refractivity contribution in [3.05, 3.63) is 35.4 Å². The maximum absolute atomic E-state index is 10.8. The molecule has 1 unspecified atom stereocenters. The van der Waals surface area contributed by atoms with E-state index in [1.165, 1.54) is 0 Å². The van der Waals surface area contributed by atoms with Crippen LogP contribution in [-0.4, -0.2) is 22.3 Å². The molecule has 0 aliphatic carbocycles. The summed E-state index contributed by atoms with van der Waals surface area (Å²) in [5, 5.41) is 18.2. The third-order valence-corrected chi connectivity index (χ3v) is 2.83. The number of rotatable bonds is 5. The Kier molecular flexibility index (Phi) is 4.29. The lowest BCUT2D eigenvalue weighted by Gasteiger charge is -2.23. The molecular weight excluding hydrogens is 216 g/mol. The van der Waals surface area contributed by atoms with Gasteiger partial charge < -0.3 is 10.2 Å². The highest BCUT2D eigenvalue weighted by Crippen LogP contribution is 2.27. The van der Waals surface area contributed by atoms with Gasteiger partial charge in [-0.3, -0.25) is 4.79 Å². The van der Waals surface area contributed by atoms with Crippen molar-refractivity contribution >= 4 is 5.97 Å². The van der Waals surface area contributed by atoms with Crippen LogP contribution in [-0.2, 0) is 16.6 Å². The summed E-state index contributed by atoms with van der Waals surface area (Å²) in [5.74, 6) is -0.795. The molecule has 0 saturated heterocycles. The number of aliphatic hydroxyl groups excluding tert-OH is 1. The van der Waals surface area contributed by atoms with Gasteiger partial charge in [0.1, 0.15) is 0 Å². The van der Waals surface area contributed by atoms with E-state index in [4.69, 9.17) is 5.11 Å². The molecule has 1 rings (SSSR count). The Morgan fingerprint density at radius 3 is 2.59 bits per heavy atom. The van der Waals surface area contributed by atoms with E-state index >= 15 is 0 Å². The third kappa shape index (κ3) is 4.19. The van der Waals surface area contributed by atoms with Crippen molar-refractivity contribution in [3.8, 4) is 0 Å². The van der Waals surface area contributed by atoms with Gasteiger partial charge in [-0.25, -0.2) is 0 Å². The summed E-state index contributed by atoms with van der Waals surface area (Å²) < 4.78 is 0. The molecule has 0 aliphatic heterocycles. The molecule has 0 radical (unpaired) electrons. The first-order chi connectivity index (χ1) is 7.81. The molecule has 0 fully saturated rings. The molecule has 94 valence electrons. The van der Waals surface area contributed by atoms with Gasteiger partial charge in [-0.1, -0.05) is 38.1 Å². The fourth-order valence-electron chi connectivity index (χ4n) is 1.94. The summed E-state index contributed by atoms with van der Waals surface area (Å²) in [6.45, 7) is 5.58. The third-order valence-electron chi connectivity index (χ3n) is 2.83. The first kappa shape index (κ1) is 13.7. The second-order valence-corrected chi connectivity index (χ2v) is 5.21. The number of benzene rings is 1. The molecule has 1 atom stereocenters. The molecule has 0 spiro atoms. The van der Waals surface area contributed by atoms with Crippen LogP contribution >= 0.6 is 0 Å². The van der Waals surface area contributed by atoms with Crippen LogP contribution in [0.4, 0.5) is 0 Å². The van der Waals surface area contributed by atoms with Crippen LogP contribution < -0.4 is 0 Å². The molecule has 2 N–H and O–H groups in total. The largest absolute Gasteiger partial charge is 0.481 e. The maximum atomic E-state index is 10.8. The summed E-state index contributed by atoms with van der Waals surface area (Å²) in [5.41, 5.74) is 1.65. The van der Waals surface area contributed by atoms with Crippen LogP contribution in [0.25, 0.3) is 0 Å². The van der Waals surface area contributed by atoms with Crippen LogP contribution in [0.15, 0.2) is 24.3 Å². The minimum Gasteiger partial charge on any atom is -0.481 e. The molecule has 1 aromatic carbocycles.